The lowest BCUT2D eigenvalue weighted by Crippen LogP contribution is -2.30. The van der Waals surface area contributed by atoms with E-state index in [1.54, 1.807) is 7.11 Å². The maximum absolute atomic E-state index is 5.76. The van der Waals surface area contributed by atoms with Gasteiger partial charge in [-0.25, -0.2) is 0 Å². The lowest BCUT2D eigenvalue weighted by atomic mass is 10.2. The Hall–Kier alpha value is -0.0600. The molecule has 0 radical (unpaired) electrons. The van der Waals surface area contributed by atoms with Gasteiger partial charge in [-0.05, 0) is 18.9 Å². The zero-order valence-corrected chi connectivity index (χ0v) is 13.5. The molecule has 0 bridgehead atoms. The molecule has 0 amide bonds. The predicted molar refractivity (Wildman–Crippen MR) is 85.7 cm³/mol. The summed E-state index contributed by atoms with van der Waals surface area (Å²) >= 11 is 11.5. The monoisotopic (exact) mass is 304 g/mol. The number of piperidine rings is 1. The molecule has 1 saturated heterocycles. The van der Waals surface area contributed by atoms with Gasteiger partial charge in [0.2, 0.25) is 0 Å². The molecule has 1 aliphatic rings. The second kappa shape index (κ2) is 6.92. The van der Waals surface area contributed by atoms with Gasteiger partial charge in [0.1, 0.15) is 5.75 Å². The van der Waals surface area contributed by atoms with Crippen LogP contribution in [-0.4, -0.2) is 24.9 Å². The Labute approximate surface area is 120 Å². The van der Waals surface area contributed by atoms with Crippen LogP contribution in [0.4, 0.5) is 0 Å². The van der Waals surface area contributed by atoms with Crippen LogP contribution < -0.4 is 16.2 Å². The van der Waals surface area contributed by atoms with Crippen molar-refractivity contribution in [2.24, 2.45) is 0 Å². The van der Waals surface area contributed by atoms with Crippen molar-refractivity contribution in [2.45, 2.75) is 19.3 Å². The molecule has 1 aromatic rings. The molecule has 1 fully saturated rings. The van der Waals surface area contributed by atoms with Crippen molar-refractivity contribution >= 4 is 34.8 Å². The summed E-state index contributed by atoms with van der Waals surface area (Å²) in [5.74, 6) is 0.844. The van der Waals surface area contributed by atoms with Crippen LogP contribution in [-0.2, 0) is 24.1 Å². The summed E-state index contributed by atoms with van der Waals surface area (Å²) in [6, 6.07) is 7.94. The molecule has 1 atom stereocenters. The molecule has 6 heteroatoms. The Morgan fingerprint density at radius 2 is 1.83 bits per heavy atom. The Morgan fingerprint density at radius 3 is 2.44 bits per heavy atom. The molecule has 0 spiro atoms. The first kappa shape index (κ1) is 16.0. The van der Waals surface area contributed by atoms with Crippen molar-refractivity contribution in [1.82, 2.24) is 10.8 Å². The Balaban J connectivity index is 0.00000162. The molecule has 102 valence electrons. The van der Waals surface area contributed by atoms with Crippen LogP contribution >= 0.6 is 5.39 Å². The molecule has 1 aliphatic heterocycles. The minimum atomic E-state index is -2.05. The first-order valence-electron chi connectivity index (χ1n) is 5.86. The molecule has 1 aromatic carbocycles. The highest BCUT2D eigenvalue weighted by molar-refractivity contribution is 8.57. The molecular formula is C12H21N2OPS2. The van der Waals surface area contributed by atoms with Gasteiger partial charge >= 0.3 is 0 Å². The maximum atomic E-state index is 5.76. The second-order valence-electron chi connectivity index (χ2n) is 4.21. The Kier molecular flexibility index (Phi) is 6.15. The van der Waals surface area contributed by atoms with Crippen LogP contribution in [0.15, 0.2) is 24.3 Å². The maximum Gasteiger partial charge on any atom is 0.126 e. The molecule has 1 heterocycles. The number of para-hydroxylation sites is 1. The number of nitrogens with zero attached hydrogens (tertiary/aromatic N) is 1. The molecule has 2 rings (SSSR count). The summed E-state index contributed by atoms with van der Waals surface area (Å²) in [6.45, 7) is 2.08. The molecule has 0 aromatic heterocycles. The first-order valence-corrected chi connectivity index (χ1v) is 9.63. The van der Waals surface area contributed by atoms with E-state index < -0.39 is 5.39 Å². The van der Waals surface area contributed by atoms with E-state index in [4.69, 9.17) is 28.8 Å². The van der Waals surface area contributed by atoms with Gasteiger partial charge in [-0.2, -0.15) is 0 Å². The number of benzene rings is 1. The topological polar surface area (TPSA) is 49.0 Å². The van der Waals surface area contributed by atoms with Gasteiger partial charge < -0.3 is 23.1 Å². The van der Waals surface area contributed by atoms with E-state index in [-0.39, 0.29) is 6.15 Å². The van der Waals surface area contributed by atoms with Gasteiger partial charge in [-0.1, -0.05) is 30.0 Å². The zero-order valence-electron chi connectivity index (χ0n) is 11.0. The van der Waals surface area contributed by atoms with E-state index in [2.05, 4.69) is 4.67 Å². The zero-order chi connectivity index (χ0) is 12.3. The minimum Gasteiger partial charge on any atom is -0.727 e. The normalized spacial score (nSPS) is 19.7. The van der Waals surface area contributed by atoms with Crippen molar-refractivity contribution in [1.29, 1.82) is 0 Å². The summed E-state index contributed by atoms with van der Waals surface area (Å²) in [5, 5.41) is -1.01. The van der Waals surface area contributed by atoms with Crippen molar-refractivity contribution in [3.63, 3.8) is 0 Å². The van der Waals surface area contributed by atoms with E-state index in [0.717, 1.165) is 24.1 Å². The number of methoxy groups -OCH3 is 1. The summed E-state index contributed by atoms with van der Waals surface area (Å²) in [4.78, 5) is 0. The lowest BCUT2D eigenvalue weighted by Gasteiger charge is -2.44. The summed E-state index contributed by atoms with van der Waals surface area (Å²) < 4.78 is 7.71. The van der Waals surface area contributed by atoms with Gasteiger partial charge in [-0.15, -0.1) is 11.8 Å². The molecule has 0 saturated carbocycles. The fourth-order valence-corrected chi connectivity index (χ4v) is 5.87. The standard InChI is InChI=1S/C12H18NOPS2.H3N/c1-14-11-7-3-4-8-12(11)15(16,17)13-9-5-2-6-10-13;/h3-4,7-8H,2,5-6,9-10H2,1H3,(H,16,17);1H3. The SMILES string of the molecule is COc1ccccc1P(=S)([S-])N1CCCCC1.[NH4+]. The third-order valence-electron chi connectivity index (χ3n) is 3.09. The van der Waals surface area contributed by atoms with Crippen molar-refractivity contribution in [2.75, 3.05) is 20.2 Å². The van der Waals surface area contributed by atoms with Gasteiger partial charge in [0.25, 0.3) is 0 Å². The Morgan fingerprint density at radius 1 is 1.22 bits per heavy atom. The molecule has 0 aliphatic carbocycles. The van der Waals surface area contributed by atoms with Gasteiger partial charge in [0.05, 0.1) is 7.11 Å². The molecule has 18 heavy (non-hydrogen) atoms. The highest BCUT2D eigenvalue weighted by Gasteiger charge is 2.20. The minimum absolute atomic E-state index is 0. The molecular weight excluding hydrogens is 283 g/mol. The molecule has 1 unspecified atom stereocenters. The fourth-order valence-electron chi connectivity index (χ4n) is 2.16. The summed E-state index contributed by atoms with van der Waals surface area (Å²) in [6.07, 6.45) is 3.72. The number of ether oxygens (including phenoxy) is 1. The largest absolute Gasteiger partial charge is 0.727 e. The third kappa shape index (κ3) is 3.28. The van der Waals surface area contributed by atoms with Crippen LogP contribution in [0.2, 0.25) is 0 Å². The molecule has 3 nitrogen and oxygen atoms in total. The highest BCUT2D eigenvalue weighted by atomic mass is 32.9. The van der Waals surface area contributed by atoms with E-state index >= 15 is 0 Å². The van der Waals surface area contributed by atoms with Crippen LogP contribution in [0.5, 0.6) is 5.75 Å². The average Bonchev–Trinajstić information content (AvgIpc) is 2.39. The highest BCUT2D eigenvalue weighted by Crippen LogP contribution is 2.49. The van der Waals surface area contributed by atoms with E-state index in [9.17, 15) is 0 Å². The lowest BCUT2D eigenvalue weighted by molar-refractivity contribution is 0.374. The van der Waals surface area contributed by atoms with E-state index in [0.29, 0.717) is 0 Å². The smallest absolute Gasteiger partial charge is 0.126 e. The van der Waals surface area contributed by atoms with Gasteiger partial charge in [-0.3, -0.25) is 4.67 Å². The summed E-state index contributed by atoms with van der Waals surface area (Å²) in [5.41, 5.74) is 0. The van der Waals surface area contributed by atoms with E-state index in [1.807, 2.05) is 24.3 Å². The number of hydrogen-bond donors (Lipinski definition) is 1. The van der Waals surface area contributed by atoms with Crippen molar-refractivity contribution in [3.05, 3.63) is 24.3 Å². The van der Waals surface area contributed by atoms with Crippen LogP contribution in [0.1, 0.15) is 19.3 Å². The summed E-state index contributed by atoms with van der Waals surface area (Å²) in [7, 11) is 1.68. The van der Waals surface area contributed by atoms with Crippen LogP contribution in [0.25, 0.3) is 0 Å². The predicted octanol–water partition coefficient (Wildman–Crippen LogP) is 3.04. The quantitative estimate of drug-likeness (QED) is 0.689. The number of rotatable bonds is 3. The number of quaternary nitrogens is 1. The van der Waals surface area contributed by atoms with Gasteiger partial charge in [0, 0.05) is 18.4 Å². The Bertz CT molecular complexity index is 436. The van der Waals surface area contributed by atoms with Crippen molar-refractivity contribution < 1.29 is 4.74 Å². The average molecular weight is 304 g/mol. The van der Waals surface area contributed by atoms with Crippen molar-refractivity contribution in [3.8, 4) is 5.75 Å². The van der Waals surface area contributed by atoms with Crippen LogP contribution in [0, 0.1) is 0 Å². The second-order valence-corrected chi connectivity index (χ2v) is 10.2. The van der Waals surface area contributed by atoms with Gasteiger partial charge in [0.15, 0.2) is 0 Å². The fraction of sp³-hybridized carbons (Fsp3) is 0.500. The van der Waals surface area contributed by atoms with E-state index in [1.165, 1.54) is 19.3 Å². The molecule has 4 N–H and O–H groups in total. The van der Waals surface area contributed by atoms with Crippen LogP contribution in [0.3, 0.4) is 0 Å². The third-order valence-corrected chi connectivity index (χ3v) is 7.78. The first-order chi connectivity index (χ1) is 8.16. The number of hydrogen-bond acceptors (Lipinski definition) is 3.